The summed E-state index contributed by atoms with van der Waals surface area (Å²) in [5.41, 5.74) is -0.901. The molecule has 0 aliphatic carbocycles. The van der Waals surface area contributed by atoms with Crippen molar-refractivity contribution in [2.24, 2.45) is 5.41 Å². The van der Waals surface area contributed by atoms with E-state index in [0.29, 0.717) is 12.0 Å². The first-order valence-corrected chi connectivity index (χ1v) is 5.69. The summed E-state index contributed by atoms with van der Waals surface area (Å²) in [6.07, 6.45) is -0.397. The summed E-state index contributed by atoms with van der Waals surface area (Å²) in [5, 5.41) is 18.6. The van der Waals surface area contributed by atoms with Crippen molar-refractivity contribution in [3.63, 3.8) is 0 Å². The fourth-order valence-corrected chi connectivity index (χ4v) is 1.84. The molecule has 0 spiro atoms. The third-order valence-electron chi connectivity index (χ3n) is 2.67. The lowest BCUT2D eigenvalue weighted by Gasteiger charge is -2.37. The molecule has 0 bridgehead atoms. The normalized spacial score (nSPS) is 14.3. The molecule has 4 nitrogen and oxygen atoms in total. The smallest absolute Gasteiger partial charge is 0.333 e. The maximum atomic E-state index is 11.5. The number of hydrogen-bond donors (Lipinski definition) is 2. The van der Waals surface area contributed by atoms with E-state index < -0.39 is 23.1 Å². The van der Waals surface area contributed by atoms with Gasteiger partial charge in [-0.25, -0.2) is 4.79 Å². The molecule has 0 aliphatic rings. The average molecular weight is 244 g/mol. The molecule has 0 radical (unpaired) electrons. The molecular formula is C13H24O4. The second-order valence-corrected chi connectivity index (χ2v) is 5.79. The van der Waals surface area contributed by atoms with Gasteiger partial charge in [-0.1, -0.05) is 20.4 Å². The molecule has 100 valence electrons. The Morgan fingerprint density at radius 3 is 2.18 bits per heavy atom. The zero-order valence-electron chi connectivity index (χ0n) is 11.4. The quantitative estimate of drug-likeness (QED) is 0.551. The van der Waals surface area contributed by atoms with Crippen molar-refractivity contribution in [2.45, 2.75) is 52.7 Å². The van der Waals surface area contributed by atoms with Gasteiger partial charge in [0.05, 0.1) is 12.7 Å². The van der Waals surface area contributed by atoms with E-state index in [1.165, 1.54) is 0 Å². The van der Waals surface area contributed by atoms with Crippen LogP contribution in [0.15, 0.2) is 12.2 Å². The van der Waals surface area contributed by atoms with E-state index in [0.717, 1.165) is 0 Å². The Morgan fingerprint density at radius 1 is 1.35 bits per heavy atom. The zero-order valence-corrected chi connectivity index (χ0v) is 11.4. The highest BCUT2D eigenvalue weighted by atomic mass is 16.6. The predicted octanol–water partition coefficient (Wildman–Crippen LogP) is 1.65. The minimum absolute atomic E-state index is 0.308. The highest BCUT2D eigenvalue weighted by Gasteiger charge is 2.36. The lowest BCUT2D eigenvalue weighted by molar-refractivity contribution is -0.156. The second-order valence-electron chi connectivity index (χ2n) is 5.79. The highest BCUT2D eigenvalue weighted by Crippen LogP contribution is 2.33. The van der Waals surface area contributed by atoms with Crippen LogP contribution >= 0.6 is 0 Å². The first-order chi connectivity index (χ1) is 7.52. The molecule has 0 saturated heterocycles. The molecule has 0 fully saturated rings. The summed E-state index contributed by atoms with van der Waals surface area (Å²) >= 11 is 0. The molecule has 1 unspecified atom stereocenters. The summed E-state index contributed by atoms with van der Waals surface area (Å²) < 4.78 is 5.30. The van der Waals surface area contributed by atoms with Gasteiger partial charge < -0.3 is 14.9 Å². The van der Waals surface area contributed by atoms with Crippen LogP contribution in [0.3, 0.4) is 0 Å². The zero-order chi connectivity index (χ0) is 13.9. The van der Waals surface area contributed by atoms with E-state index in [1.807, 2.05) is 13.8 Å². The van der Waals surface area contributed by atoms with Crippen molar-refractivity contribution in [3.05, 3.63) is 12.2 Å². The lowest BCUT2D eigenvalue weighted by atomic mass is 9.77. The van der Waals surface area contributed by atoms with Crippen LogP contribution < -0.4 is 0 Å². The standard InChI is InChI=1S/C13H24O4/c1-9(2)11(16)17-13(5,6)8-12(3,4)10(15)7-14/h10,14-15H,1,7-8H2,2-6H3. The van der Waals surface area contributed by atoms with Crippen LogP contribution in [0.25, 0.3) is 0 Å². The summed E-state index contributed by atoms with van der Waals surface area (Å²) in [5.74, 6) is -0.440. The van der Waals surface area contributed by atoms with Gasteiger partial charge in [0.2, 0.25) is 0 Å². The van der Waals surface area contributed by atoms with E-state index in [-0.39, 0.29) is 6.61 Å². The Bertz CT molecular complexity index is 292. The van der Waals surface area contributed by atoms with E-state index in [9.17, 15) is 9.90 Å². The van der Waals surface area contributed by atoms with Crippen LogP contribution in [0.5, 0.6) is 0 Å². The minimum Gasteiger partial charge on any atom is -0.456 e. The Balaban J connectivity index is 4.64. The van der Waals surface area contributed by atoms with E-state index >= 15 is 0 Å². The molecule has 0 heterocycles. The van der Waals surface area contributed by atoms with Crippen molar-refractivity contribution in [1.82, 2.24) is 0 Å². The summed E-state index contributed by atoms with van der Waals surface area (Å²) in [7, 11) is 0. The Hall–Kier alpha value is -0.870. The van der Waals surface area contributed by atoms with Crippen molar-refractivity contribution >= 4 is 5.97 Å². The van der Waals surface area contributed by atoms with E-state index in [2.05, 4.69) is 6.58 Å². The molecule has 0 saturated carbocycles. The van der Waals surface area contributed by atoms with E-state index in [1.54, 1.807) is 20.8 Å². The first kappa shape index (κ1) is 16.1. The van der Waals surface area contributed by atoms with Gasteiger partial charge >= 0.3 is 5.97 Å². The maximum absolute atomic E-state index is 11.5. The van der Waals surface area contributed by atoms with Gasteiger partial charge in [-0.15, -0.1) is 0 Å². The minimum atomic E-state index is -0.842. The Labute approximate surface area is 103 Å². The van der Waals surface area contributed by atoms with Crippen LogP contribution in [0.1, 0.15) is 41.0 Å². The van der Waals surface area contributed by atoms with E-state index in [4.69, 9.17) is 9.84 Å². The topological polar surface area (TPSA) is 66.8 Å². The largest absolute Gasteiger partial charge is 0.456 e. The third kappa shape index (κ3) is 5.33. The number of hydrogen-bond acceptors (Lipinski definition) is 4. The molecule has 2 N–H and O–H groups in total. The van der Waals surface area contributed by atoms with Crippen LogP contribution in [-0.2, 0) is 9.53 Å². The molecule has 0 rings (SSSR count). The second kappa shape index (κ2) is 5.65. The number of carbonyl (C=O) groups excluding carboxylic acids is 1. The monoisotopic (exact) mass is 244 g/mol. The van der Waals surface area contributed by atoms with Gasteiger partial charge in [0, 0.05) is 5.57 Å². The fraction of sp³-hybridized carbons (Fsp3) is 0.769. The van der Waals surface area contributed by atoms with Crippen molar-refractivity contribution < 1.29 is 19.7 Å². The summed E-state index contributed by atoms with van der Waals surface area (Å²) in [6, 6.07) is 0. The average Bonchev–Trinajstić information content (AvgIpc) is 2.13. The number of ether oxygens (including phenoxy) is 1. The Morgan fingerprint density at radius 2 is 1.82 bits per heavy atom. The van der Waals surface area contributed by atoms with Crippen molar-refractivity contribution in [1.29, 1.82) is 0 Å². The van der Waals surface area contributed by atoms with Gasteiger partial charge in [0.15, 0.2) is 0 Å². The van der Waals surface area contributed by atoms with Crippen molar-refractivity contribution in [3.8, 4) is 0 Å². The van der Waals surface area contributed by atoms with Crippen LogP contribution in [0.2, 0.25) is 0 Å². The van der Waals surface area contributed by atoms with Gasteiger partial charge in [0.25, 0.3) is 0 Å². The van der Waals surface area contributed by atoms with Crippen LogP contribution in [0.4, 0.5) is 0 Å². The summed E-state index contributed by atoms with van der Waals surface area (Å²) in [4.78, 5) is 11.5. The number of carbonyl (C=O) groups is 1. The van der Waals surface area contributed by atoms with Crippen LogP contribution in [-0.4, -0.2) is 34.5 Å². The van der Waals surface area contributed by atoms with Gasteiger partial charge in [-0.3, -0.25) is 0 Å². The molecule has 0 amide bonds. The summed E-state index contributed by atoms with van der Waals surface area (Å²) in [6.45, 7) is 12.0. The number of aliphatic hydroxyl groups is 2. The molecule has 0 aromatic heterocycles. The SMILES string of the molecule is C=C(C)C(=O)OC(C)(C)CC(C)(C)C(O)CO. The van der Waals surface area contributed by atoms with Crippen molar-refractivity contribution in [2.75, 3.05) is 6.61 Å². The molecule has 0 aliphatic heterocycles. The maximum Gasteiger partial charge on any atom is 0.333 e. The predicted molar refractivity (Wildman–Crippen MR) is 66.5 cm³/mol. The molecule has 1 atom stereocenters. The molecular weight excluding hydrogens is 220 g/mol. The molecule has 0 aromatic carbocycles. The fourth-order valence-electron chi connectivity index (χ4n) is 1.84. The number of rotatable bonds is 6. The third-order valence-corrected chi connectivity index (χ3v) is 2.67. The van der Waals surface area contributed by atoms with Gasteiger partial charge in [0.1, 0.15) is 5.60 Å². The lowest BCUT2D eigenvalue weighted by Crippen LogP contribution is -2.41. The Kier molecular flexibility index (Phi) is 5.36. The number of aliphatic hydroxyl groups excluding tert-OH is 2. The van der Waals surface area contributed by atoms with Gasteiger partial charge in [-0.2, -0.15) is 0 Å². The van der Waals surface area contributed by atoms with Crippen LogP contribution in [0, 0.1) is 5.41 Å². The highest BCUT2D eigenvalue weighted by molar-refractivity contribution is 5.87. The molecule has 17 heavy (non-hydrogen) atoms. The first-order valence-electron chi connectivity index (χ1n) is 5.69. The molecule has 4 heteroatoms. The van der Waals surface area contributed by atoms with Gasteiger partial charge in [-0.05, 0) is 32.6 Å². The number of esters is 1. The molecule has 0 aromatic rings.